The molecule has 1 N–H and O–H groups in total. The van der Waals surface area contributed by atoms with Crippen LogP contribution in [0.15, 0.2) is 71.9 Å². The van der Waals surface area contributed by atoms with Gasteiger partial charge in [-0.2, -0.15) is 0 Å². The number of aromatic nitrogens is 4. The summed E-state index contributed by atoms with van der Waals surface area (Å²) in [5.74, 6) is 0.865. The van der Waals surface area contributed by atoms with Gasteiger partial charge in [-0.15, -0.1) is 10.2 Å². The molecular weight excluding hydrogens is 549 g/mol. The van der Waals surface area contributed by atoms with Gasteiger partial charge in [0, 0.05) is 40.7 Å². The quantitative estimate of drug-likeness (QED) is 0.132. The van der Waals surface area contributed by atoms with Gasteiger partial charge in [-0.3, -0.25) is 4.79 Å². The molecule has 39 heavy (non-hydrogen) atoms. The normalized spacial score (nSPS) is 11.4. The summed E-state index contributed by atoms with van der Waals surface area (Å²) in [6, 6.07) is 22.2. The number of fused-ring (bicyclic) bond motifs is 3. The Morgan fingerprint density at radius 1 is 1.00 bits per heavy atom. The lowest BCUT2D eigenvalue weighted by Gasteiger charge is -2.08. The van der Waals surface area contributed by atoms with E-state index in [-0.39, 0.29) is 5.91 Å². The van der Waals surface area contributed by atoms with E-state index >= 15 is 0 Å². The molecule has 0 bridgehead atoms. The topological polar surface area (TPSA) is 72.7 Å². The number of rotatable bonds is 11. The first kappa shape index (κ1) is 27.4. The number of para-hydroxylation sites is 1. The van der Waals surface area contributed by atoms with Crippen molar-refractivity contribution in [3.05, 3.63) is 93.5 Å². The molecule has 0 aliphatic rings. The Labute approximate surface area is 242 Å². The van der Waals surface area contributed by atoms with E-state index in [1.807, 2.05) is 24.3 Å². The summed E-state index contributed by atoms with van der Waals surface area (Å²) in [5, 5.41) is 14.9. The predicted molar refractivity (Wildman–Crippen MR) is 161 cm³/mol. The number of thioether (sulfide) groups is 1. The largest absolute Gasteiger partial charge is 0.356 e. The van der Waals surface area contributed by atoms with E-state index in [0.29, 0.717) is 41.1 Å². The molecule has 5 rings (SSSR count). The molecule has 5 aromatic rings. The second-order valence-electron chi connectivity index (χ2n) is 9.50. The van der Waals surface area contributed by atoms with E-state index in [9.17, 15) is 4.79 Å². The fourth-order valence-electron chi connectivity index (χ4n) is 4.49. The van der Waals surface area contributed by atoms with Crippen molar-refractivity contribution >= 4 is 62.9 Å². The zero-order chi connectivity index (χ0) is 27.2. The molecule has 0 aliphatic heterocycles. The minimum Gasteiger partial charge on any atom is -0.356 e. The Bertz CT molecular complexity index is 1600. The van der Waals surface area contributed by atoms with Gasteiger partial charge in [0.1, 0.15) is 5.52 Å². The number of aryl methyl sites for hydroxylation is 1. The van der Waals surface area contributed by atoms with Crippen LogP contribution in [0.4, 0.5) is 0 Å². The van der Waals surface area contributed by atoms with Crippen LogP contribution in [0.2, 0.25) is 10.0 Å². The third kappa shape index (κ3) is 6.90. The Kier molecular flexibility index (Phi) is 9.02. The highest BCUT2D eigenvalue weighted by Gasteiger charge is 2.15. The summed E-state index contributed by atoms with van der Waals surface area (Å²) in [5.41, 5.74) is 6.19. The van der Waals surface area contributed by atoms with Crippen molar-refractivity contribution in [3.8, 4) is 0 Å². The van der Waals surface area contributed by atoms with E-state index in [1.54, 1.807) is 17.8 Å². The lowest BCUT2D eigenvalue weighted by atomic mass is 10.1. The molecule has 0 unspecified atom stereocenters. The number of benzene rings is 3. The first-order valence-electron chi connectivity index (χ1n) is 13.0. The van der Waals surface area contributed by atoms with E-state index < -0.39 is 0 Å². The molecule has 0 radical (unpaired) electrons. The molecule has 0 fully saturated rings. The number of carbonyl (C=O) groups is 1. The third-order valence-electron chi connectivity index (χ3n) is 6.58. The van der Waals surface area contributed by atoms with Crippen LogP contribution in [0.1, 0.15) is 36.0 Å². The van der Waals surface area contributed by atoms with E-state index in [1.165, 1.54) is 11.1 Å². The maximum Gasteiger partial charge on any atom is 0.220 e. The van der Waals surface area contributed by atoms with Crippen LogP contribution in [0.3, 0.4) is 0 Å². The zero-order valence-electron chi connectivity index (χ0n) is 21.7. The molecule has 0 spiro atoms. The smallest absolute Gasteiger partial charge is 0.220 e. The monoisotopic (exact) mass is 577 g/mol. The number of unbranched alkanes of at least 4 members (excludes halogenated alkanes) is 1. The van der Waals surface area contributed by atoms with Gasteiger partial charge < -0.3 is 9.88 Å². The van der Waals surface area contributed by atoms with Gasteiger partial charge in [-0.05, 0) is 55.5 Å². The molecular formula is C30H29Cl2N5OS. The summed E-state index contributed by atoms with van der Waals surface area (Å²) in [4.78, 5) is 17.1. The standard InChI is InChI=1S/C30H29Cl2N5OS/c1-20-9-11-21(12-10-20)19-37-26-7-3-2-6-24(26)28-29(37)34-30(36-35-28)39-17-5-4-8-27(38)33-16-15-22-13-14-23(31)18-25(22)32/h2-3,6-7,9-14,18H,4-5,8,15-17,19H2,1H3,(H,33,38). The predicted octanol–water partition coefficient (Wildman–Crippen LogP) is 7.26. The fraction of sp³-hybridized carbons (Fsp3) is 0.267. The third-order valence-corrected chi connectivity index (χ3v) is 8.09. The zero-order valence-corrected chi connectivity index (χ0v) is 24.0. The van der Waals surface area contributed by atoms with Gasteiger partial charge >= 0.3 is 0 Å². The average Bonchev–Trinajstić information content (AvgIpc) is 3.24. The molecule has 6 nitrogen and oxygen atoms in total. The van der Waals surface area contributed by atoms with Crippen LogP contribution >= 0.6 is 35.0 Å². The Hall–Kier alpha value is -3.13. The van der Waals surface area contributed by atoms with Crippen LogP contribution in [-0.2, 0) is 17.8 Å². The molecule has 1 amide bonds. The first-order valence-corrected chi connectivity index (χ1v) is 14.7. The maximum absolute atomic E-state index is 12.2. The minimum absolute atomic E-state index is 0.0463. The van der Waals surface area contributed by atoms with Crippen molar-refractivity contribution in [3.63, 3.8) is 0 Å². The number of nitrogens with zero attached hydrogens (tertiary/aromatic N) is 4. The van der Waals surface area contributed by atoms with E-state index in [2.05, 4.69) is 63.4 Å². The summed E-state index contributed by atoms with van der Waals surface area (Å²) in [6.45, 7) is 3.36. The van der Waals surface area contributed by atoms with Crippen LogP contribution < -0.4 is 5.32 Å². The first-order chi connectivity index (χ1) is 19.0. The van der Waals surface area contributed by atoms with Gasteiger partial charge in [0.15, 0.2) is 5.65 Å². The van der Waals surface area contributed by atoms with E-state index in [4.69, 9.17) is 28.2 Å². The minimum atomic E-state index is 0.0463. The number of hydrogen-bond acceptors (Lipinski definition) is 5. The van der Waals surface area contributed by atoms with Crippen molar-refractivity contribution in [1.29, 1.82) is 0 Å². The Balaban J connectivity index is 1.14. The molecule has 0 saturated carbocycles. The van der Waals surface area contributed by atoms with Gasteiger partial charge in [0.2, 0.25) is 11.1 Å². The summed E-state index contributed by atoms with van der Waals surface area (Å²) in [6.07, 6.45) is 2.83. The highest BCUT2D eigenvalue weighted by Crippen LogP contribution is 2.28. The SMILES string of the molecule is Cc1ccc(Cn2c3ccccc3c3nnc(SCCCCC(=O)NCCc4ccc(Cl)cc4Cl)nc32)cc1. The van der Waals surface area contributed by atoms with Crippen LogP contribution in [0.5, 0.6) is 0 Å². The van der Waals surface area contributed by atoms with Crippen molar-refractivity contribution in [1.82, 2.24) is 25.1 Å². The highest BCUT2D eigenvalue weighted by atomic mass is 35.5. The van der Waals surface area contributed by atoms with E-state index in [0.717, 1.165) is 46.2 Å². The lowest BCUT2D eigenvalue weighted by Crippen LogP contribution is -2.25. The Morgan fingerprint density at radius 2 is 1.82 bits per heavy atom. The molecule has 2 aromatic heterocycles. The number of amides is 1. The van der Waals surface area contributed by atoms with Crippen molar-refractivity contribution in [2.45, 2.75) is 44.3 Å². The number of halogens is 2. The van der Waals surface area contributed by atoms with Crippen molar-refractivity contribution < 1.29 is 4.79 Å². The number of hydrogen-bond donors (Lipinski definition) is 1. The maximum atomic E-state index is 12.2. The van der Waals surface area contributed by atoms with Gasteiger partial charge in [0.25, 0.3) is 0 Å². The molecule has 3 aromatic carbocycles. The second-order valence-corrected chi connectivity index (χ2v) is 11.4. The second kappa shape index (κ2) is 12.8. The molecule has 200 valence electrons. The van der Waals surface area contributed by atoms with Crippen molar-refractivity contribution in [2.75, 3.05) is 12.3 Å². The van der Waals surface area contributed by atoms with Gasteiger partial charge in [-0.1, -0.05) is 89.1 Å². The number of carbonyl (C=O) groups excluding carboxylic acids is 1. The fourth-order valence-corrected chi connectivity index (χ4v) is 5.77. The summed E-state index contributed by atoms with van der Waals surface area (Å²) < 4.78 is 2.22. The van der Waals surface area contributed by atoms with Gasteiger partial charge in [0.05, 0.1) is 5.52 Å². The molecule has 2 heterocycles. The summed E-state index contributed by atoms with van der Waals surface area (Å²) >= 11 is 13.7. The van der Waals surface area contributed by atoms with Crippen LogP contribution in [-0.4, -0.2) is 38.0 Å². The van der Waals surface area contributed by atoms with Crippen molar-refractivity contribution in [2.24, 2.45) is 0 Å². The molecule has 0 aliphatic carbocycles. The average molecular weight is 579 g/mol. The summed E-state index contributed by atoms with van der Waals surface area (Å²) in [7, 11) is 0. The number of nitrogens with one attached hydrogen (secondary N) is 1. The van der Waals surface area contributed by atoms with Gasteiger partial charge in [-0.25, -0.2) is 4.98 Å². The highest BCUT2D eigenvalue weighted by molar-refractivity contribution is 7.99. The lowest BCUT2D eigenvalue weighted by molar-refractivity contribution is -0.121. The Morgan fingerprint density at radius 3 is 2.64 bits per heavy atom. The molecule has 0 saturated heterocycles. The molecule has 9 heteroatoms. The molecule has 0 atom stereocenters. The van der Waals surface area contributed by atoms with Crippen LogP contribution in [0, 0.1) is 6.92 Å². The van der Waals surface area contributed by atoms with Crippen LogP contribution in [0.25, 0.3) is 22.1 Å².